The fraction of sp³-hybridized carbons (Fsp3) is 0.250. The summed E-state index contributed by atoms with van der Waals surface area (Å²) in [7, 11) is 1.61. The van der Waals surface area contributed by atoms with Gasteiger partial charge in [0.05, 0.1) is 17.2 Å². The predicted molar refractivity (Wildman–Crippen MR) is 84.8 cm³/mol. The lowest BCUT2D eigenvalue weighted by atomic mass is 9.96. The van der Waals surface area contributed by atoms with Crippen molar-refractivity contribution in [2.24, 2.45) is 0 Å². The Morgan fingerprint density at radius 3 is 2.33 bits per heavy atom. The smallest absolute Gasteiger partial charge is 0.167 e. The van der Waals surface area contributed by atoms with Gasteiger partial charge in [-0.1, -0.05) is 23.2 Å². The lowest BCUT2D eigenvalue weighted by Crippen LogP contribution is -2.08. The minimum absolute atomic E-state index is 0.0340. The molecule has 5 heteroatoms. The molecule has 0 radical (unpaired) electrons. The van der Waals surface area contributed by atoms with Gasteiger partial charge in [-0.15, -0.1) is 0 Å². The zero-order valence-corrected chi connectivity index (χ0v) is 13.5. The molecule has 1 aromatic carbocycles. The third kappa shape index (κ3) is 3.20. The molecule has 2 rings (SSSR count). The van der Waals surface area contributed by atoms with Crippen molar-refractivity contribution in [2.45, 2.75) is 20.3 Å². The summed E-state index contributed by atoms with van der Waals surface area (Å²) in [6, 6.07) is 3.57. The Bertz CT molecular complexity index is 679. The number of hydrogen-bond donors (Lipinski definition) is 0. The van der Waals surface area contributed by atoms with E-state index in [1.54, 1.807) is 19.2 Å². The van der Waals surface area contributed by atoms with Crippen LogP contribution in [-0.4, -0.2) is 17.9 Å². The van der Waals surface area contributed by atoms with Gasteiger partial charge in [0.1, 0.15) is 5.75 Å². The molecule has 110 valence electrons. The third-order valence-corrected chi connectivity index (χ3v) is 4.20. The highest BCUT2D eigenvalue weighted by atomic mass is 35.5. The molecule has 0 saturated carbocycles. The lowest BCUT2D eigenvalue weighted by molar-refractivity contribution is 0.0992. The number of rotatable bonds is 4. The van der Waals surface area contributed by atoms with Gasteiger partial charge in [0.15, 0.2) is 5.78 Å². The molecule has 0 unspecified atom stereocenters. The van der Waals surface area contributed by atoms with Crippen molar-refractivity contribution in [3.8, 4) is 5.75 Å². The van der Waals surface area contributed by atoms with Crippen LogP contribution in [0.1, 0.15) is 27.0 Å². The summed E-state index contributed by atoms with van der Waals surface area (Å²) >= 11 is 12.1. The molecule has 1 aromatic heterocycles. The third-order valence-electron chi connectivity index (χ3n) is 3.55. The van der Waals surface area contributed by atoms with Crippen molar-refractivity contribution >= 4 is 29.0 Å². The van der Waals surface area contributed by atoms with Crippen molar-refractivity contribution in [1.82, 2.24) is 4.98 Å². The first-order chi connectivity index (χ1) is 9.95. The highest BCUT2D eigenvalue weighted by Gasteiger charge is 2.17. The highest BCUT2D eigenvalue weighted by molar-refractivity contribution is 6.36. The molecule has 1 heterocycles. The standard InChI is InChI=1S/C16H15Cl2NO2/c1-9-10(2)16(21-3)5-4-11(9)15(20)6-12-13(17)7-19-8-14(12)18/h4-5,7-8H,6H2,1-3H3. The van der Waals surface area contributed by atoms with E-state index in [-0.39, 0.29) is 12.2 Å². The highest BCUT2D eigenvalue weighted by Crippen LogP contribution is 2.28. The van der Waals surface area contributed by atoms with E-state index in [0.29, 0.717) is 21.2 Å². The maximum absolute atomic E-state index is 12.5. The van der Waals surface area contributed by atoms with E-state index in [0.717, 1.165) is 16.9 Å². The average Bonchev–Trinajstić information content (AvgIpc) is 2.45. The van der Waals surface area contributed by atoms with Crippen LogP contribution in [0.5, 0.6) is 5.75 Å². The van der Waals surface area contributed by atoms with Gasteiger partial charge < -0.3 is 4.74 Å². The maximum atomic E-state index is 12.5. The van der Waals surface area contributed by atoms with E-state index in [2.05, 4.69) is 4.98 Å². The van der Waals surface area contributed by atoms with Crippen LogP contribution in [0.25, 0.3) is 0 Å². The number of carbonyl (C=O) groups excluding carboxylic acids is 1. The molecule has 0 fully saturated rings. The first kappa shape index (κ1) is 15.8. The molecule has 0 N–H and O–H groups in total. The van der Waals surface area contributed by atoms with Crippen molar-refractivity contribution in [1.29, 1.82) is 0 Å². The van der Waals surface area contributed by atoms with Crippen LogP contribution in [0.4, 0.5) is 0 Å². The van der Waals surface area contributed by atoms with E-state index < -0.39 is 0 Å². The van der Waals surface area contributed by atoms with E-state index in [4.69, 9.17) is 27.9 Å². The van der Waals surface area contributed by atoms with Gasteiger partial charge in [0.2, 0.25) is 0 Å². The van der Waals surface area contributed by atoms with Crippen molar-refractivity contribution in [3.05, 3.63) is 56.8 Å². The number of aromatic nitrogens is 1. The number of pyridine rings is 1. The second kappa shape index (κ2) is 6.46. The Balaban J connectivity index is 2.36. The zero-order chi connectivity index (χ0) is 15.6. The molecule has 2 aromatic rings. The predicted octanol–water partition coefficient (Wildman–Crippen LogP) is 4.44. The maximum Gasteiger partial charge on any atom is 0.167 e. The summed E-state index contributed by atoms with van der Waals surface area (Å²) in [5.74, 6) is 0.734. The SMILES string of the molecule is COc1ccc(C(=O)Cc2c(Cl)cncc2Cl)c(C)c1C. The molecular weight excluding hydrogens is 309 g/mol. The molecule has 21 heavy (non-hydrogen) atoms. The first-order valence-electron chi connectivity index (χ1n) is 6.41. The van der Waals surface area contributed by atoms with E-state index in [9.17, 15) is 4.79 Å². The Hall–Kier alpha value is -1.58. The number of ether oxygens (including phenoxy) is 1. The Morgan fingerprint density at radius 1 is 1.14 bits per heavy atom. The van der Waals surface area contributed by atoms with Gasteiger partial charge in [0, 0.05) is 29.9 Å². The molecule has 0 saturated heterocycles. The molecular formula is C16H15Cl2NO2. The zero-order valence-electron chi connectivity index (χ0n) is 12.0. The van der Waals surface area contributed by atoms with E-state index >= 15 is 0 Å². The second-order valence-electron chi connectivity index (χ2n) is 4.75. The van der Waals surface area contributed by atoms with Crippen LogP contribution < -0.4 is 4.74 Å². The van der Waals surface area contributed by atoms with Crippen molar-refractivity contribution < 1.29 is 9.53 Å². The fourth-order valence-electron chi connectivity index (χ4n) is 2.18. The Labute approximate surface area is 133 Å². The minimum Gasteiger partial charge on any atom is -0.496 e. The quantitative estimate of drug-likeness (QED) is 0.781. The molecule has 0 aliphatic rings. The molecule has 0 amide bonds. The molecule has 0 spiro atoms. The van der Waals surface area contributed by atoms with Crippen LogP contribution in [0.2, 0.25) is 10.0 Å². The average molecular weight is 324 g/mol. The van der Waals surface area contributed by atoms with Crippen LogP contribution >= 0.6 is 23.2 Å². The van der Waals surface area contributed by atoms with Crippen LogP contribution in [0.3, 0.4) is 0 Å². The molecule has 0 atom stereocenters. The van der Waals surface area contributed by atoms with Gasteiger partial charge >= 0.3 is 0 Å². The topological polar surface area (TPSA) is 39.2 Å². The van der Waals surface area contributed by atoms with Crippen LogP contribution in [0.15, 0.2) is 24.5 Å². The molecule has 0 bridgehead atoms. The van der Waals surface area contributed by atoms with Crippen molar-refractivity contribution in [2.75, 3.05) is 7.11 Å². The number of hydrogen-bond acceptors (Lipinski definition) is 3. The minimum atomic E-state index is -0.0340. The van der Waals surface area contributed by atoms with E-state index in [1.807, 2.05) is 13.8 Å². The number of nitrogens with zero attached hydrogens (tertiary/aromatic N) is 1. The Morgan fingerprint density at radius 2 is 1.76 bits per heavy atom. The number of Topliss-reactive ketones (excluding diaryl/α,β-unsaturated/α-hetero) is 1. The summed E-state index contributed by atoms with van der Waals surface area (Å²) in [6.07, 6.45) is 3.12. The van der Waals surface area contributed by atoms with Crippen LogP contribution in [-0.2, 0) is 6.42 Å². The van der Waals surface area contributed by atoms with Gasteiger partial charge in [-0.25, -0.2) is 0 Å². The lowest BCUT2D eigenvalue weighted by Gasteiger charge is -2.12. The van der Waals surface area contributed by atoms with Gasteiger partial charge in [-0.3, -0.25) is 9.78 Å². The molecule has 3 nitrogen and oxygen atoms in total. The number of benzene rings is 1. The molecule has 0 aliphatic heterocycles. The number of carbonyl (C=O) groups is 1. The number of methoxy groups -OCH3 is 1. The summed E-state index contributed by atoms with van der Waals surface area (Å²) in [4.78, 5) is 16.4. The molecule has 0 aliphatic carbocycles. The number of ketones is 1. The number of halogens is 2. The van der Waals surface area contributed by atoms with Gasteiger partial charge in [0.25, 0.3) is 0 Å². The van der Waals surface area contributed by atoms with Gasteiger partial charge in [-0.05, 0) is 37.1 Å². The first-order valence-corrected chi connectivity index (χ1v) is 7.16. The van der Waals surface area contributed by atoms with E-state index in [1.165, 1.54) is 12.4 Å². The summed E-state index contributed by atoms with van der Waals surface area (Å²) in [5, 5.41) is 0.803. The summed E-state index contributed by atoms with van der Waals surface area (Å²) < 4.78 is 5.26. The largest absolute Gasteiger partial charge is 0.496 e. The summed E-state index contributed by atoms with van der Waals surface area (Å²) in [6.45, 7) is 3.83. The second-order valence-corrected chi connectivity index (χ2v) is 5.56. The summed E-state index contributed by atoms with van der Waals surface area (Å²) in [5.41, 5.74) is 3.11. The normalized spacial score (nSPS) is 10.5. The Kier molecular flexibility index (Phi) is 4.86. The van der Waals surface area contributed by atoms with Crippen molar-refractivity contribution in [3.63, 3.8) is 0 Å². The monoisotopic (exact) mass is 323 g/mol. The van der Waals surface area contributed by atoms with Crippen LogP contribution in [0, 0.1) is 13.8 Å². The van der Waals surface area contributed by atoms with Gasteiger partial charge in [-0.2, -0.15) is 0 Å². The fourth-order valence-corrected chi connectivity index (χ4v) is 2.68.